The van der Waals surface area contributed by atoms with Crippen molar-refractivity contribution in [3.05, 3.63) is 73.7 Å². The molecule has 1 aromatic carbocycles. The number of hydrogen-bond acceptors (Lipinski definition) is 5. The fourth-order valence-electron chi connectivity index (χ4n) is 5.50. The van der Waals surface area contributed by atoms with Gasteiger partial charge in [-0.3, -0.25) is 19.9 Å². The largest absolute Gasteiger partial charge is 0.472 e. The fraction of sp³-hybridized carbons (Fsp3) is 0.200. The second-order valence-corrected chi connectivity index (χ2v) is 9.96. The van der Waals surface area contributed by atoms with Crippen molar-refractivity contribution < 1.29 is 9.21 Å². The highest BCUT2D eigenvalue weighted by Crippen LogP contribution is 2.35. The van der Waals surface area contributed by atoms with Crippen molar-refractivity contribution in [3.63, 3.8) is 0 Å². The lowest BCUT2D eigenvalue weighted by Gasteiger charge is -2.20. The zero-order valence-corrected chi connectivity index (χ0v) is 20.7. The number of rotatable bonds is 5. The molecule has 0 atom stereocenters. The number of H-pyrrole nitrogens is 2. The molecule has 0 bridgehead atoms. The molecule has 3 N–H and O–H groups in total. The Kier molecular flexibility index (Phi) is 5.50. The van der Waals surface area contributed by atoms with Gasteiger partial charge in [0, 0.05) is 45.8 Å². The summed E-state index contributed by atoms with van der Waals surface area (Å²) in [5.41, 5.74) is 8.21. The number of amides is 1. The Morgan fingerprint density at radius 2 is 1.76 bits per heavy atom. The fourth-order valence-corrected chi connectivity index (χ4v) is 5.50. The lowest BCUT2D eigenvalue weighted by molar-refractivity contribution is -0.120. The summed E-state index contributed by atoms with van der Waals surface area (Å²) in [6.07, 6.45) is 16.0. The minimum atomic E-state index is 0.0952. The zero-order valence-electron chi connectivity index (χ0n) is 20.7. The van der Waals surface area contributed by atoms with E-state index in [9.17, 15) is 4.79 Å². The number of carbonyl (C=O) groups is 1. The van der Waals surface area contributed by atoms with E-state index in [1.165, 1.54) is 6.42 Å². The summed E-state index contributed by atoms with van der Waals surface area (Å²) >= 11 is 0. The smallest absolute Gasteiger partial charge is 0.227 e. The van der Waals surface area contributed by atoms with Gasteiger partial charge in [0.2, 0.25) is 5.91 Å². The van der Waals surface area contributed by atoms with E-state index < -0.39 is 0 Å². The van der Waals surface area contributed by atoms with Gasteiger partial charge in [-0.25, -0.2) is 0 Å². The lowest BCUT2D eigenvalue weighted by Crippen LogP contribution is -2.24. The molecule has 8 heteroatoms. The third-order valence-corrected chi connectivity index (χ3v) is 7.51. The van der Waals surface area contributed by atoms with E-state index in [2.05, 4.69) is 42.6 Å². The van der Waals surface area contributed by atoms with E-state index in [4.69, 9.17) is 4.42 Å². The number of aromatic nitrogens is 5. The molecule has 8 nitrogen and oxygen atoms in total. The van der Waals surface area contributed by atoms with Gasteiger partial charge in [0.1, 0.15) is 5.69 Å². The Labute approximate surface area is 218 Å². The average Bonchev–Trinajstić information content (AvgIpc) is 3.73. The van der Waals surface area contributed by atoms with Crippen LogP contribution in [0.1, 0.15) is 32.1 Å². The van der Waals surface area contributed by atoms with E-state index in [0.717, 1.165) is 86.8 Å². The first-order valence-electron chi connectivity index (χ1n) is 13.0. The Balaban J connectivity index is 1.23. The van der Waals surface area contributed by atoms with Gasteiger partial charge in [0.05, 0.1) is 47.3 Å². The standard InChI is InChI=1S/C30H26N6O2/c37-30(18-4-2-1-3-5-18)33-22-10-21(13-31-14-22)19-6-7-26-24(11-19)29(36-35-26)27-12-23-25(20-8-9-38-17-20)15-32-16-28(23)34-27/h6-18,34H,1-5H2,(H,33,37)(H,35,36). The number of aromatic amines is 2. The number of nitrogens with one attached hydrogen (secondary N) is 3. The molecular weight excluding hydrogens is 476 g/mol. The number of hydrogen-bond donors (Lipinski definition) is 3. The summed E-state index contributed by atoms with van der Waals surface area (Å²) in [5.74, 6) is 0.192. The van der Waals surface area contributed by atoms with Crippen molar-refractivity contribution in [1.82, 2.24) is 25.1 Å². The Morgan fingerprint density at radius 3 is 2.63 bits per heavy atom. The molecular formula is C30H26N6O2. The summed E-state index contributed by atoms with van der Waals surface area (Å²) < 4.78 is 5.29. The van der Waals surface area contributed by atoms with E-state index in [1.807, 2.05) is 42.9 Å². The molecule has 6 aromatic rings. The molecule has 1 saturated carbocycles. The van der Waals surface area contributed by atoms with Gasteiger partial charge in [-0.05, 0) is 48.7 Å². The predicted molar refractivity (Wildman–Crippen MR) is 147 cm³/mol. The van der Waals surface area contributed by atoms with Crippen molar-refractivity contribution in [3.8, 4) is 33.6 Å². The van der Waals surface area contributed by atoms with Crippen LogP contribution in [0.25, 0.3) is 55.4 Å². The molecule has 38 heavy (non-hydrogen) atoms. The number of pyridine rings is 2. The summed E-state index contributed by atoms with van der Waals surface area (Å²) in [6, 6.07) is 12.2. The maximum atomic E-state index is 12.8. The van der Waals surface area contributed by atoms with Gasteiger partial charge in [-0.15, -0.1) is 0 Å². The van der Waals surface area contributed by atoms with Gasteiger partial charge in [0.25, 0.3) is 0 Å². The van der Waals surface area contributed by atoms with Gasteiger partial charge < -0.3 is 14.7 Å². The number of anilines is 1. The highest BCUT2D eigenvalue weighted by molar-refractivity contribution is 6.01. The number of carbonyl (C=O) groups excluding carboxylic acids is 1. The van der Waals surface area contributed by atoms with E-state index in [-0.39, 0.29) is 11.8 Å². The van der Waals surface area contributed by atoms with Crippen LogP contribution in [-0.4, -0.2) is 31.1 Å². The van der Waals surface area contributed by atoms with Gasteiger partial charge in [-0.1, -0.05) is 25.3 Å². The number of furan rings is 1. The van der Waals surface area contributed by atoms with Crippen molar-refractivity contribution in [1.29, 1.82) is 0 Å². The maximum Gasteiger partial charge on any atom is 0.227 e. The van der Waals surface area contributed by atoms with Crippen molar-refractivity contribution in [2.24, 2.45) is 5.92 Å². The third-order valence-electron chi connectivity index (χ3n) is 7.51. The van der Waals surface area contributed by atoms with Crippen LogP contribution in [0.2, 0.25) is 0 Å². The molecule has 0 saturated heterocycles. The van der Waals surface area contributed by atoms with E-state index in [0.29, 0.717) is 0 Å². The zero-order chi connectivity index (χ0) is 25.5. The number of fused-ring (bicyclic) bond motifs is 2. The summed E-state index contributed by atoms with van der Waals surface area (Å²) in [5, 5.41) is 12.9. The molecule has 188 valence electrons. The van der Waals surface area contributed by atoms with Crippen LogP contribution in [0, 0.1) is 5.92 Å². The molecule has 1 aliphatic carbocycles. The minimum Gasteiger partial charge on any atom is -0.472 e. The van der Waals surface area contributed by atoms with Crippen LogP contribution in [-0.2, 0) is 4.79 Å². The first kappa shape index (κ1) is 22.5. The first-order chi connectivity index (χ1) is 18.7. The molecule has 5 heterocycles. The maximum absolute atomic E-state index is 12.8. The van der Waals surface area contributed by atoms with E-state index >= 15 is 0 Å². The Hall–Kier alpha value is -4.72. The summed E-state index contributed by atoms with van der Waals surface area (Å²) in [4.78, 5) is 25.1. The molecule has 1 aliphatic rings. The monoisotopic (exact) mass is 502 g/mol. The first-order valence-corrected chi connectivity index (χ1v) is 13.0. The second-order valence-electron chi connectivity index (χ2n) is 9.96. The van der Waals surface area contributed by atoms with Gasteiger partial charge in [0.15, 0.2) is 0 Å². The van der Waals surface area contributed by atoms with E-state index in [1.54, 1.807) is 18.7 Å². The molecule has 1 amide bonds. The molecule has 0 aliphatic heterocycles. The molecule has 0 radical (unpaired) electrons. The lowest BCUT2D eigenvalue weighted by atomic mass is 9.88. The third kappa shape index (κ3) is 4.04. The van der Waals surface area contributed by atoms with Crippen molar-refractivity contribution in [2.45, 2.75) is 32.1 Å². The van der Waals surface area contributed by atoms with Crippen LogP contribution in [0.4, 0.5) is 5.69 Å². The number of nitrogens with zero attached hydrogens (tertiary/aromatic N) is 3. The van der Waals surface area contributed by atoms with Gasteiger partial charge >= 0.3 is 0 Å². The van der Waals surface area contributed by atoms with Crippen LogP contribution >= 0.6 is 0 Å². The van der Waals surface area contributed by atoms with Crippen LogP contribution in [0.3, 0.4) is 0 Å². The second kappa shape index (κ2) is 9.30. The number of benzene rings is 1. The highest BCUT2D eigenvalue weighted by Gasteiger charge is 2.21. The topological polar surface area (TPSA) is 112 Å². The van der Waals surface area contributed by atoms with Crippen molar-refractivity contribution in [2.75, 3.05) is 5.32 Å². The average molecular weight is 503 g/mol. The summed E-state index contributed by atoms with van der Waals surface area (Å²) in [6.45, 7) is 0. The van der Waals surface area contributed by atoms with Crippen LogP contribution in [0.5, 0.6) is 0 Å². The van der Waals surface area contributed by atoms with Crippen molar-refractivity contribution >= 4 is 33.4 Å². The molecule has 1 fully saturated rings. The Morgan fingerprint density at radius 1 is 0.868 bits per heavy atom. The van der Waals surface area contributed by atoms with Gasteiger partial charge in [-0.2, -0.15) is 5.10 Å². The quantitative estimate of drug-likeness (QED) is 0.236. The SMILES string of the molecule is O=C(Nc1cncc(-c2ccc3[nH]nc(-c4cc5c(-c6ccoc6)cncc5[nH]4)c3c2)c1)C1CCCCC1. The van der Waals surface area contributed by atoms with Crippen LogP contribution < -0.4 is 5.32 Å². The molecule has 5 aromatic heterocycles. The highest BCUT2D eigenvalue weighted by atomic mass is 16.3. The van der Waals surface area contributed by atoms with Crippen LogP contribution in [0.15, 0.2) is 78.1 Å². The summed E-state index contributed by atoms with van der Waals surface area (Å²) in [7, 11) is 0. The minimum absolute atomic E-state index is 0.0952. The molecule has 7 rings (SSSR count). The molecule has 0 spiro atoms. The molecule has 0 unspecified atom stereocenters. The predicted octanol–water partition coefficient (Wildman–Crippen LogP) is 6.95. The normalized spacial score (nSPS) is 14.3. The Bertz CT molecular complexity index is 1760.